The summed E-state index contributed by atoms with van der Waals surface area (Å²) in [6, 6.07) is 5.85. The van der Waals surface area contributed by atoms with E-state index in [1.54, 1.807) is 19.4 Å². The van der Waals surface area contributed by atoms with Crippen molar-refractivity contribution in [3.63, 3.8) is 0 Å². The molecule has 2 rings (SSSR count). The quantitative estimate of drug-likeness (QED) is 0.766. The predicted molar refractivity (Wildman–Crippen MR) is 60.0 cm³/mol. The number of nitrogens with one attached hydrogen (secondary N) is 2. The number of ether oxygens (including phenoxy) is 1. The molecule has 1 unspecified atom stereocenters. The van der Waals surface area contributed by atoms with Gasteiger partial charge in [-0.3, -0.25) is 0 Å². The number of hydrogen-bond acceptors (Lipinski definition) is 5. The highest BCUT2D eigenvalue weighted by Crippen LogP contribution is 2.13. The summed E-state index contributed by atoms with van der Waals surface area (Å²) in [6.07, 6.45) is 1.80. The summed E-state index contributed by atoms with van der Waals surface area (Å²) < 4.78 is 5.35. The van der Waals surface area contributed by atoms with E-state index in [1.807, 2.05) is 12.1 Å². The van der Waals surface area contributed by atoms with Gasteiger partial charge >= 0.3 is 0 Å². The Morgan fingerprint density at radius 1 is 1.62 bits per heavy atom. The van der Waals surface area contributed by atoms with Crippen LogP contribution in [0.15, 0.2) is 18.3 Å². The van der Waals surface area contributed by atoms with Crippen molar-refractivity contribution in [3.05, 3.63) is 24.0 Å². The maximum Gasteiger partial charge on any atom is 0.142 e. The molecule has 16 heavy (non-hydrogen) atoms. The first-order valence-corrected chi connectivity index (χ1v) is 5.19. The van der Waals surface area contributed by atoms with Gasteiger partial charge in [-0.2, -0.15) is 5.26 Å². The number of methoxy groups -OCH3 is 1. The molecule has 1 aliphatic rings. The van der Waals surface area contributed by atoms with Crippen molar-refractivity contribution in [1.82, 2.24) is 10.3 Å². The normalized spacial score (nSPS) is 24.0. The van der Waals surface area contributed by atoms with Crippen LogP contribution in [0, 0.1) is 11.3 Å². The van der Waals surface area contributed by atoms with E-state index >= 15 is 0 Å². The van der Waals surface area contributed by atoms with E-state index in [0.29, 0.717) is 5.69 Å². The predicted octanol–water partition coefficient (Wildman–Crippen LogP) is 0.352. The number of aromatic nitrogens is 1. The van der Waals surface area contributed by atoms with Gasteiger partial charge in [0.2, 0.25) is 0 Å². The SMILES string of the molecule is CO[C@H]1CNCC1Nc1ccnc(C#N)c1. The first-order chi connectivity index (χ1) is 7.83. The molecule has 1 aromatic heterocycles. The van der Waals surface area contributed by atoms with Crippen molar-refractivity contribution in [2.24, 2.45) is 0 Å². The van der Waals surface area contributed by atoms with E-state index in [9.17, 15) is 0 Å². The van der Waals surface area contributed by atoms with Crippen molar-refractivity contribution in [2.75, 3.05) is 25.5 Å². The van der Waals surface area contributed by atoms with Crippen molar-refractivity contribution in [2.45, 2.75) is 12.1 Å². The minimum absolute atomic E-state index is 0.165. The summed E-state index contributed by atoms with van der Waals surface area (Å²) >= 11 is 0. The van der Waals surface area contributed by atoms with Crippen molar-refractivity contribution < 1.29 is 4.74 Å². The summed E-state index contributed by atoms with van der Waals surface area (Å²) in [4.78, 5) is 3.92. The lowest BCUT2D eigenvalue weighted by molar-refractivity contribution is 0.111. The van der Waals surface area contributed by atoms with Gasteiger partial charge in [0.25, 0.3) is 0 Å². The Hall–Kier alpha value is -1.64. The zero-order valence-corrected chi connectivity index (χ0v) is 9.10. The fraction of sp³-hybridized carbons (Fsp3) is 0.455. The van der Waals surface area contributed by atoms with Crippen LogP contribution in [0.2, 0.25) is 0 Å². The van der Waals surface area contributed by atoms with Crippen molar-refractivity contribution in [1.29, 1.82) is 5.26 Å². The van der Waals surface area contributed by atoms with E-state index in [1.165, 1.54) is 0 Å². The third-order valence-electron chi connectivity index (χ3n) is 2.69. The molecule has 0 amide bonds. The Morgan fingerprint density at radius 2 is 2.50 bits per heavy atom. The van der Waals surface area contributed by atoms with Gasteiger partial charge in [0.1, 0.15) is 11.8 Å². The first kappa shape index (κ1) is 10.9. The van der Waals surface area contributed by atoms with Gasteiger partial charge in [0.15, 0.2) is 0 Å². The molecule has 2 atom stereocenters. The molecule has 0 saturated carbocycles. The highest BCUT2D eigenvalue weighted by molar-refractivity contribution is 5.47. The molecule has 0 aromatic carbocycles. The fourth-order valence-corrected chi connectivity index (χ4v) is 1.84. The third kappa shape index (κ3) is 2.30. The van der Waals surface area contributed by atoms with Gasteiger partial charge in [-0.05, 0) is 12.1 Å². The molecule has 0 spiro atoms. The second-order valence-corrected chi connectivity index (χ2v) is 3.72. The maximum absolute atomic E-state index is 8.74. The first-order valence-electron chi connectivity index (χ1n) is 5.19. The second-order valence-electron chi connectivity index (χ2n) is 3.72. The van der Waals surface area contributed by atoms with Crippen LogP contribution in [0.1, 0.15) is 5.69 Å². The van der Waals surface area contributed by atoms with E-state index in [4.69, 9.17) is 10.00 Å². The van der Waals surface area contributed by atoms with Gasteiger partial charge in [0.05, 0.1) is 12.1 Å². The molecule has 1 aliphatic heterocycles. The monoisotopic (exact) mass is 218 g/mol. The zero-order valence-electron chi connectivity index (χ0n) is 9.10. The largest absolute Gasteiger partial charge is 0.378 e. The summed E-state index contributed by atoms with van der Waals surface area (Å²) in [5, 5.41) is 15.3. The van der Waals surface area contributed by atoms with Crippen LogP contribution < -0.4 is 10.6 Å². The molecule has 0 aliphatic carbocycles. The average molecular weight is 218 g/mol. The number of rotatable bonds is 3. The standard InChI is InChI=1S/C11H14N4O/c1-16-11-7-13-6-10(11)15-8-2-3-14-9(4-8)5-12/h2-4,10-11,13H,6-7H2,1H3,(H,14,15)/t10?,11-/m0/s1. The Balaban J connectivity index is 2.06. The van der Waals surface area contributed by atoms with E-state index < -0.39 is 0 Å². The lowest BCUT2D eigenvalue weighted by Crippen LogP contribution is -2.33. The molecular formula is C11H14N4O. The minimum Gasteiger partial charge on any atom is -0.378 e. The number of pyridine rings is 1. The average Bonchev–Trinajstić information content (AvgIpc) is 2.76. The lowest BCUT2D eigenvalue weighted by Gasteiger charge is -2.19. The lowest BCUT2D eigenvalue weighted by atomic mass is 10.2. The molecule has 2 N–H and O–H groups in total. The van der Waals surface area contributed by atoms with Crippen LogP contribution in [0.3, 0.4) is 0 Å². The Labute approximate surface area is 94.4 Å². The van der Waals surface area contributed by atoms with Crippen LogP contribution in [0.5, 0.6) is 0 Å². The zero-order chi connectivity index (χ0) is 11.4. The second kappa shape index (κ2) is 4.92. The maximum atomic E-state index is 8.74. The molecule has 84 valence electrons. The summed E-state index contributed by atoms with van der Waals surface area (Å²) in [5.41, 5.74) is 1.33. The highest BCUT2D eigenvalue weighted by Gasteiger charge is 2.26. The van der Waals surface area contributed by atoms with Gasteiger partial charge in [-0.15, -0.1) is 0 Å². The molecule has 1 saturated heterocycles. The number of anilines is 1. The molecule has 0 radical (unpaired) electrons. The molecule has 5 heteroatoms. The van der Waals surface area contributed by atoms with Crippen molar-refractivity contribution >= 4 is 5.69 Å². The molecule has 5 nitrogen and oxygen atoms in total. The van der Waals surface area contributed by atoms with E-state index in [2.05, 4.69) is 15.6 Å². The summed E-state index contributed by atoms with van der Waals surface area (Å²) in [5.74, 6) is 0. The molecule has 1 aromatic rings. The molecular weight excluding hydrogens is 204 g/mol. The molecule has 2 heterocycles. The Bertz CT molecular complexity index is 401. The minimum atomic E-state index is 0.165. The van der Waals surface area contributed by atoms with Gasteiger partial charge < -0.3 is 15.4 Å². The Kier molecular flexibility index (Phi) is 3.34. The molecule has 1 fully saturated rings. The van der Waals surface area contributed by atoms with Gasteiger partial charge in [-0.1, -0.05) is 0 Å². The topological polar surface area (TPSA) is 70.0 Å². The van der Waals surface area contributed by atoms with Gasteiger partial charge in [-0.25, -0.2) is 4.98 Å². The summed E-state index contributed by atoms with van der Waals surface area (Å²) in [6.45, 7) is 1.72. The number of nitrogens with zero attached hydrogens (tertiary/aromatic N) is 2. The van der Waals surface area contributed by atoms with Crippen LogP contribution in [0.4, 0.5) is 5.69 Å². The van der Waals surface area contributed by atoms with E-state index in [-0.39, 0.29) is 12.1 Å². The van der Waals surface area contributed by atoms with Crippen LogP contribution in [-0.4, -0.2) is 37.3 Å². The highest BCUT2D eigenvalue weighted by atomic mass is 16.5. The molecule has 0 bridgehead atoms. The fourth-order valence-electron chi connectivity index (χ4n) is 1.84. The smallest absolute Gasteiger partial charge is 0.142 e. The van der Waals surface area contributed by atoms with Crippen molar-refractivity contribution in [3.8, 4) is 6.07 Å². The number of nitriles is 1. The van der Waals surface area contributed by atoms with Crippen LogP contribution in [-0.2, 0) is 4.74 Å². The van der Waals surface area contributed by atoms with E-state index in [0.717, 1.165) is 18.8 Å². The Morgan fingerprint density at radius 3 is 3.25 bits per heavy atom. The summed E-state index contributed by atoms with van der Waals surface area (Å²) in [7, 11) is 1.71. The van der Waals surface area contributed by atoms with Crippen LogP contribution in [0.25, 0.3) is 0 Å². The third-order valence-corrected chi connectivity index (χ3v) is 2.69. The van der Waals surface area contributed by atoms with Crippen LogP contribution >= 0.6 is 0 Å². The number of hydrogen-bond donors (Lipinski definition) is 2. The van der Waals surface area contributed by atoms with Gasteiger partial charge in [0, 0.05) is 32.1 Å².